The van der Waals surface area contributed by atoms with E-state index in [0.29, 0.717) is 17.2 Å². The molecule has 168 valence electrons. The predicted octanol–water partition coefficient (Wildman–Crippen LogP) is 3.21. The molecule has 8 nitrogen and oxygen atoms in total. The molecule has 3 N–H and O–H groups in total. The lowest BCUT2D eigenvalue weighted by molar-refractivity contribution is -0.122. The maximum atomic E-state index is 12.5. The second kappa shape index (κ2) is 9.64. The summed E-state index contributed by atoms with van der Waals surface area (Å²) in [5, 5.41) is 12.5. The Kier molecular flexibility index (Phi) is 6.92. The molecule has 1 heterocycles. The summed E-state index contributed by atoms with van der Waals surface area (Å²) in [5.74, 6) is 1.18. The zero-order valence-corrected chi connectivity index (χ0v) is 19.0. The van der Waals surface area contributed by atoms with Crippen molar-refractivity contribution < 1.29 is 14.3 Å². The van der Waals surface area contributed by atoms with Gasteiger partial charge in [-0.25, -0.2) is 4.98 Å². The van der Waals surface area contributed by atoms with Crippen molar-refractivity contribution in [2.75, 3.05) is 7.11 Å². The van der Waals surface area contributed by atoms with E-state index < -0.39 is 6.04 Å². The molecule has 1 aromatic heterocycles. The zero-order valence-electron chi connectivity index (χ0n) is 19.0. The number of hydrogen-bond donors (Lipinski definition) is 3. The quantitative estimate of drug-likeness (QED) is 0.528. The first-order chi connectivity index (χ1) is 15.2. The van der Waals surface area contributed by atoms with Crippen molar-refractivity contribution in [3.63, 3.8) is 0 Å². The third-order valence-corrected chi connectivity index (χ3v) is 5.06. The first-order valence-corrected chi connectivity index (χ1v) is 10.4. The number of aromatic amines is 1. The highest BCUT2D eigenvalue weighted by Gasteiger charge is 2.18. The molecular formula is C24H29N5O3. The standard InChI is InChI=1S/C24H29N5O3/c1-15(26-23(31)17-6-10-18(11-7-17)24(2,3)4)22(30)25-14-20-27-21(29-28-20)16-8-12-19(32-5)13-9-16/h6-13,15H,14H2,1-5H3,(H,25,30)(H,26,31)(H,27,28,29). The van der Waals surface area contributed by atoms with E-state index in [1.807, 2.05) is 36.4 Å². The number of nitrogens with one attached hydrogen (secondary N) is 3. The van der Waals surface area contributed by atoms with Crippen LogP contribution in [0.2, 0.25) is 0 Å². The molecule has 0 radical (unpaired) electrons. The van der Waals surface area contributed by atoms with Crippen molar-refractivity contribution >= 4 is 11.8 Å². The smallest absolute Gasteiger partial charge is 0.251 e. The first kappa shape index (κ1) is 23.0. The summed E-state index contributed by atoms with van der Waals surface area (Å²) >= 11 is 0. The molecule has 0 saturated heterocycles. The highest BCUT2D eigenvalue weighted by molar-refractivity contribution is 5.97. The molecule has 0 saturated carbocycles. The van der Waals surface area contributed by atoms with E-state index in [2.05, 4.69) is 46.6 Å². The third-order valence-electron chi connectivity index (χ3n) is 5.06. The summed E-state index contributed by atoms with van der Waals surface area (Å²) in [6.45, 7) is 8.15. The molecule has 0 bridgehead atoms. The number of aromatic nitrogens is 3. The van der Waals surface area contributed by atoms with Gasteiger partial charge in [-0.05, 0) is 54.3 Å². The van der Waals surface area contributed by atoms with Crippen LogP contribution in [0, 0.1) is 0 Å². The SMILES string of the molecule is COc1ccc(-c2n[nH]c(CNC(=O)C(C)NC(=O)c3ccc(C(C)(C)C)cc3)n2)cc1. The third kappa shape index (κ3) is 5.72. The summed E-state index contributed by atoms with van der Waals surface area (Å²) in [4.78, 5) is 29.3. The topological polar surface area (TPSA) is 109 Å². The molecule has 3 rings (SSSR count). The normalized spacial score (nSPS) is 12.2. The second-order valence-electron chi connectivity index (χ2n) is 8.57. The highest BCUT2D eigenvalue weighted by Crippen LogP contribution is 2.22. The molecule has 0 fully saturated rings. The summed E-state index contributed by atoms with van der Waals surface area (Å²) < 4.78 is 5.15. The largest absolute Gasteiger partial charge is 0.497 e. The van der Waals surface area contributed by atoms with Gasteiger partial charge >= 0.3 is 0 Å². The average Bonchev–Trinajstić information content (AvgIpc) is 3.26. The molecule has 3 aromatic rings. The molecule has 2 amide bonds. The Morgan fingerprint density at radius 3 is 2.31 bits per heavy atom. The van der Waals surface area contributed by atoms with E-state index >= 15 is 0 Å². The van der Waals surface area contributed by atoms with Crippen molar-refractivity contribution in [1.82, 2.24) is 25.8 Å². The molecule has 32 heavy (non-hydrogen) atoms. The van der Waals surface area contributed by atoms with Crippen LogP contribution in [0.4, 0.5) is 0 Å². The summed E-state index contributed by atoms with van der Waals surface area (Å²) in [7, 11) is 1.61. The summed E-state index contributed by atoms with van der Waals surface area (Å²) in [5.41, 5.74) is 2.49. The lowest BCUT2D eigenvalue weighted by atomic mass is 9.86. The van der Waals surface area contributed by atoms with Gasteiger partial charge in [0.15, 0.2) is 5.82 Å². The van der Waals surface area contributed by atoms with Crippen LogP contribution in [0.5, 0.6) is 5.75 Å². The number of rotatable bonds is 7. The van der Waals surface area contributed by atoms with Gasteiger partial charge in [-0.2, -0.15) is 5.10 Å². The van der Waals surface area contributed by atoms with E-state index in [1.54, 1.807) is 26.2 Å². The van der Waals surface area contributed by atoms with Crippen molar-refractivity contribution in [2.24, 2.45) is 0 Å². The van der Waals surface area contributed by atoms with Crippen LogP contribution < -0.4 is 15.4 Å². The molecule has 2 aromatic carbocycles. The van der Waals surface area contributed by atoms with Gasteiger partial charge in [0.2, 0.25) is 5.91 Å². The Morgan fingerprint density at radius 2 is 1.72 bits per heavy atom. The maximum absolute atomic E-state index is 12.5. The van der Waals surface area contributed by atoms with Gasteiger partial charge in [0, 0.05) is 11.1 Å². The van der Waals surface area contributed by atoms with Gasteiger partial charge in [0.05, 0.1) is 13.7 Å². The van der Waals surface area contributed by atoms with Crippen molar-refractivity contribution in [2.45, 2.75) is 45.7 Å². The van der Waals surface area contributed by atoms with Gasteiger partial charge < -0.3 is 15.4 Å². The molecule has 1 unspecified atom stereocenters. The van der Waals surface area contributed by atoms with Crippen molar-refractivity contribution in [3.05, 3.63) is 65.5 Å². The number of carbonyl (C=O) groups excluding carboxylic acids is 2. The first-order valence-electron chi connectivity index (χ1n) is 10.4. The minimum Gasteiger partial charge on any atom is -0.497 e. The predicted molar refractivity (Wildman–Crippen MR) is 122 cm³/mol. The molecule has 0 aliphatic carbocycles. The highest BCUT2D eigenvalue weighted by atomic mass is 16.5. The Balaban J connectivity index is 1.52. The lowest BCUT2D eigenvalue weighted by Gasteiger charge is -2.19. The van der Waals surface area contributed by atoms with E-state index in [-0.39, 0.29) is 23.8 Å². The van der Waals surface area contributed by atoms with Crippen LogP contribution in [0.15, 0.2) is 48.5 Å². The van der Waals surface area contributed by atoms with E-state index in [9.17, 15) is 9.59 Å². The number of methoxy groups -OCH3 is 1. The molecule has 1 atom stereocenters. The number of ether oxygens (including phenoxy) is 1. The molecule has 0 aliphatic rings. The number of H-pyrrole nitrogens is 1. The monoisotopic (exact) mass is 435 g/mol. The Bertz CT molecular complexity index is 1070. The number of amides is 2. The van der Waals surface area contributed by atoms with Gasteiger partial charge in [0.25, 0.3) is 5.91 Å². The summed E-state index contributed by atoms with van der Waals surface area (Å²) in [6.07, 6.45) is 0. The van der Waals surface area contributed by atoms with Crippen LogP contribution in [0.25, 0.3) is 11.4 Å². The number of nitrogens with zero attached hydrogens (tertiary/aromatic N) is 2. The van der Waals surface area contributed by atoms with Crippen molar-refractivity contribution in [3.8, 4) is 17.1 Å². The van der Waals surface area contributed by atoms with E-state index in [4.69, 9.17) is 4.74 Å². The van der Waals surface area contributed by atoms with Crippen LogP contribution >= 0.6 is 0 Å². The van der Waals surface area contributed by atoms with Gasteiger partial charge in [-0.1, -0.05) is 32.9 Å². The summed E-state index contributed by atoms with van der Waals surface area (Å²) in [6, 6.07) is 14.1. The molecule has 0 spiro atoms. The van der Waals surface area contributed by atoms with Crippen LogP contribution in [-0.2, 0) is 16.8 Å². The average molecular weight is 436 g/mol. The van der Waals surface area contributed by atoms with Crippen molar-refractivity contribution in [1.29, 1.82) is 0 Å². The van der Waals surface area contributed by atoms with Gasteiger partial charge in [0.1, 0.15) is 17.6 Å². The molecular weight excluding hydrogens is 406 g/mol. The van der Waals surface area contributed by atoms with Crippen LogP contribution in [-0.4, -0.2) is 40.1 Å². The fourth-order valence-electron chi connectivity index (χ4n) is 3.03. The second-order valence-corrected chi connectivity index (χ2v) is 8.57. The maximum Gasteiger partial charge on any atom is 0.251 e. The van der Waals surface area contributed by atoms with Crippen LogP contribution in [0.1, 0.15) is 49.4 Å². The van der Waals surface area contributed by atoms with E-state index in [0.717, 1.165) is 16.9 Å². The Labute approximate surface area is 187 Å². The molecule has 0 aliphatic heterocycles. The van der Waals surface area contributed by atoms with Gasteiger partial charge in [-0.3, -0.25) is 14.7 Å². The minimum atomic E-state index is -0.700. The molecule has 8 heteroatoms. The fourth-order valence-corrected chi connectivity index (χ4v) is 3.03. The Hall–Kier alpha value is -3.68. The number of benzene rings is 2. The lowest BCUT2D eigenvalue weighted by Crippen LogP contribution is -2.44. The Morgan fingerprint density at radius 1 is 1.06 bits per heavy atom. The number of carbonyl (C=O) groups is 2. The van der Waals surface area contributed by atoms with Gasteiger partial charge in [-0.15, -0.1) is 0 Å². The number of hydrogen-bond acceptors (Lipinski definition) is 5. The van der Waals surface area contributed by atoms with Crippen LogP contribution in [0.3, 0.4) is 0 Å². The fraction of sp³-hybridized carbons (Fsp3) is 0.333. The zero-order chi connectivity index (χ0) is 23.3. The minimum absolute atomic E-state index is 0.0101. The van der Waals surface area contributed by atoms with E-state index in [1.165, 1.54) is 0 Å².